The molecule has 2 aromatic carbocycles. The molecule has 0 unspecified atom stereocenters. The molecule has 2 aromatic heterocycles. The number of furan rings is 1. The highest BCUT2D eigenvalue weighted by atomic mass is 79.9. The van der Waals surface area contributed by atoms with Crippen molar-refractivity contribution >= 4 is 50.3 Å². The van der Waals surface area contributed by atoms with E-state index in [1.807, 2.05) is 48.5 Å². The fourth-order valence-corrected chi connectivity index (χ4v) is 4.18. The maximum absolute atomic E-state index is 5.97. The molecule has 0 saturated heterocycles. The quantitative estimate of drug-likeness (QED) is 0.330. The molecule has 4 nitrogen and oxygen atoms in total. The Morgan fingerprint density at radius 2 is 1.92 bits per heavy atom. The summed E-state index contributed by atoms with van der Waals surface area (Å²) in [5.41, 5.74) is 2.03. The average Bonchev–Trinajstić information content (AvgIpc) is 3.23. The predicted molar refractivity (Wildman–Crippen MR) is 110 cm³/mol. The van der Waals surface area contributed by atoms with Crippen LogP contribution in [-0.2, 0) is 12.3 Å². The standard InChI is InChI=1S/C19H15BrClN3OS/c1-2-24-18(17-10-13-9-14(20)5-8-16(13)25-17)22-23-19(24)26-11-12-3-6-15(21)7-4-12/h3-10H,2,11H2,1H3. The molecule has 0 bridgehead atoms. The second kappa shape index (κ2) is 7.47. The lowest BCUT2D eigenvalue weighted by Crippen LogP contribution is -1.99. The van der Waals surface area contributed by atoms with E-state index in [9.17, 15) is 0 Å². The number of aromatic nitrogens is 3. The van der Waals surface area contributed by atoms with Crippen LogP contribution in [-0.4, -0.2) is 14.8 Å². The van der Waals surface area contributed by atoms with Crippen molar-refractivity contribution in [3.8, 4) is 11.6 Å². The lowest BCUT2D eigenvalue weighted by Gasteiger charge is -2.06. The van der Waals surface area contributed by atoms with E-state index in [0.717, 1.165) is 49.5 Å². The summed E-state index contributed by atoms with van der Waals surface area (Å²) < 4.78 is 9.07. The highest BCUT2D eigenvalue weighted by Crippen LogP contribution is 2.31. The zero-order valence-electron chi connectivity index (χ0n) is 13.9. The van der Waals surface area contributed by atoms with Crippen LogP contribution < -0.4 is 0 Å². The Bertz CT molecular complexity index is 1060. The summed E-state index contributed by atoms with van der Waals surface area (Å²) >= 11 is 11.1. The van der Waals surface area contributed by atoms with E-state index < -0.39 is 0 Å². The van der Waals surface area contributed by atoms with Gasteiger partial charge in [0.1, 0.15) is 5.58 Å². The first-order chi connectivity index (χ1) is 12.6. The lowest BCUT2D eigenvalue weighted by molar-refractivity contribution is 0.607. The highest BCUT2D eigenvalue weighted by Gasteiger charge is 2.17. The van der Waals surface area contributed by atoms with Crippen molar-refractivity contribution in [3.05, 3.63) is 63.6 Å². The monoisotopic (exact) mass is 447 g/mol. The number of hydrogen-bond acceptors (Lipinski definition) is 4. The third-order valence-corrected chi connectivity index (χ3v) is 5.80. The van der Waals surface area contributed by atoms with Gasteiger partial charge in [-0.3, -0.25) is 4.57 Å². The van der Waals surface area contributed by atoms with E-state index in [0.29, 0.717) is 0 Å². The Morgan fingerprint density at radius 1 is 1.12 bits per heavy atom. The summed E-state index contributed by atoms with van der Waals surface area (Å²) in [6.07, 6.45) is 0. The van der Waals surface area contributed by atoms with Crippen LogP contribution in [0.15, 0.2) is 62.6 Å². The molecule has 0 N–H and O–H groups in total. The van der Waals surface area contributed by atoms with Gasteiger partial charge in [0.25, 0.3) is 0 Å². The summed E-state index contributed by atoms with van der Waals surface area (Å²) in [6.45, 7) is 2.85. The topological polar surface area (TPSA) is 43.9 Å². The summed E-state index contributed by atoms with van der Waals surface area (Å²) in [7, 11) is 0. The minimum atomic E-state index is 0.728. The lowest BCUT2D eigenvalue weighted by atomic mass is 10.2. The van der Waals surface area contributed by atoms with Crippen LogP contribution in [0.3, 0.4) is 0 Å². The second-order valence-electron chi connectivity index (χ2n) is 5.76. The molecule has 0 atom stereocenters. The van der Waals surface area contributed by atoms with Crippen molar-refractivity contribution < 1.29 is 4.42 Å². The fraction of sp³-hybridized carbons (Fsp3) is 0.158. The van der Waals surface area contributed by atoms with E-state index in [4.69, 9.17) is 16.0 Å². The van der Waals surface area contributed by atoms with Crippen LogP contribution in [0.4, 0.5) is 0 Å². The predicted octanol–water partition coefficient (Wildman–Crippen LogP) is 6.42. The molecule has 4 rings (SSSR count). The van der Waals surface area contributed by atoms with Gasteiger partial charge in [0, 0.05) is 27.2 Å². The van der Waals surface area contributed by atoms with E-state index >= 15 is 0 Å². The third-order valence-electron chi connectivity index (χ3n) is 4.01. The fourth-order valence-electron chi connectivity index (χ4n) is 2.72. The first-order valence-electron chi connectivity index (χ1n) is 8.14. The normalized spacial score (nSPS) is 11.3. The number of rotatable bonds is 5. The van der Waals surface area contributed by atoms with Crippen LogP contribution in [0.25, 0.3) is 22.6 Å². The number of hydrogen-bond donors (Lipinski definition) is 0. The van der Waals surface area contributed by atoms with Gasteiger partial charge in [0.05, 0.1) is 0 Å². The SMILES string of the molecule is CCn1c(SCc2ccc(Cl)cc2)nnc1-c1cc2cc(Br)ccc2o1. The van der Waals surface area contributed by atoms with Gasteiger partial charge >= 0.3 is 0 Å². The first-order valence-corrected chi connectivity index (χ1v) is 10.3. The smallest absolute Gasteiger partial charge is 0.200 e. The maximum Gasteiger partial charge on any atom is 0.200 e. The van der Waals surface area contributed by atoms with Crippen molar-refractivity contribution in [3.63, 3.8) is 0 Å². The van der Waals surface area contributed by atoms with E-state index in [-0.39, 0.29) is 0 Å². The molecule has 0 amide bonds. The molecule has 0 spiro atoms. The molecule has 0 radical (unpaired) electrons. The molecule has 0 aliphatic heterocycles. The van der Waals surface area contributed by atoms with Crippen LogP contribution in [0.2, 0.25) is 5.02 Å². The molecule has 132 valence electrons. The van der Waals surface area contributed by atoms with Crippen LogP contribution in [0, 0.1) is 0 Å². The Hall–Kier alpha value is -1.76. The molecule has 0 fully saturated rings. The van der Waals surface area contributed by atoms with Crippen molar-refractivity contribution in [2.24, 2.45) is 0 Å². The van der Waals surface area contributed by atoms with Crippen LogP contribution in [0.5, 0.6) is 0 Å². The minimum absolute atomic E-state index is 0.728. The Labute approximate surface area is 168 Å². The van der Waals surface area contributed by atoms with Crippen molar-refractivity contribution in [1.29, 1.82) is 0 Å². The summed E-state index contributed by atoms with van der Waals surface area (Å²) in [5.74, 6) is 2.28. The van der Waals surface area contributed by atoms with E-state index in [2.05, 4.69) is 37.6 Å². The van der Waals surface area contributed by atoms with Gasteiger partial charge in [0.15, 0.2) is 10.9 Å². The molecule has 2 heterocycles. The number of nitrogens with zero attached hydrogens (tertiary/aromatic N) is 3. The second-order valence-corrected chi connectivity index (χ2v) is 8.05. The Kier molecular flexibility index (Phi) is 5.07. The van der Waals surface area contributed by atoms with E-state index in [1.54, 1.807) is 11.8 Å². The van der Waals surface area contributed by atoms with Gasteiger partial charge in [-0.05, 0) is 48.9 Å². The molecule has 0 aliphatic rings. The van der Waals surface area contributed by atoms with E-state index in [1.165, 1.54) is 5.56 Å². The molecule has 26 heavy (non-hydrogen) atoms. The third kappa shape index (κ3) is 3.54. The highest BCUT2D eigenvalue weighted by molar-refractivity contribution is 9.10. The zero-order chi connectivity index (χ0) is 18.1. The van der Waals surface area contributed by atoms with Crippen LogP contribution >= 0.6 is 39.3 Å². The minimum Gasteiger partial charge on any atom is -0.453 e. The van der Waals surface area contributed by atoms with Gasteiger partial charge in [-0.2, -0.15) is 0 Å². The average molecular weight is 449 g/mol. The van der Waals surface area contributed by atoms with Gasteiger partial charge in [-0.15, -0.1) is 10.2 Å². The number of fused-ring (bicyclic) bond motifs is 1. The molecule has 0 aliphatic carbocycles. The molecule has 4 aromatic rings. The number of halogens is 2. The first kappa shape index (κ1) is 17.6. The van der Waals surface area contributed by atoms with Gasteiger partial charge < -0.3 is 4.42 Å². The Morgan fingerprint density at radius 3 is 2.69 bits per heavy atom. The van der Waals surface area contributed by atoms with Crippen LogP contribution in [0.1, 0.15) is 12.5 Å². The molecule has 7 heteroatoms. The zero-order valence-corrected chi connectivity index (χ0v) is 17.1. The summed E-state index contributed by atoms with van der Waals surface area (Å²) in [6, 6.07) is 15.8. The largest absolute Gasteiger partial charge is 0.453 e. The summed E-state index contributed by atoms with van der Waals surface area (Å²) in [5, 5.41) is 11.4. The number of benzene rings is 2. The van der Waals surface area contributed by atoms with Crippen molar-refractivity contribution in [2.45, 2.75) is 24.4 Å². The number of thioether (sulfide) groups is 1. The maximum atomic E-state index is 5.97. The Balaban J connectivity index is 1.62. The van der Waals surface area contributed by atoms with Crippen molar-refractivity contribution in [2.75, 3.05) is 0 Å². The molecular weight excluding hydrogens is 434 g/mol. The summed E-state index contributed by atoms with van der Waals surface area (Å²) in [4.78, 5) is 0. The van der Waals surface area contributed by atoms with Gasteiger partial charge in [0.2, 0.25) is 5.82 Å². The van der Waals surface area contributed by atoms with Gasteiger partial charge in [-0.1, -0.05) is 51.4 Å². The van der Waals surface area contributed by atoms with Gasteiger partial charge in [-0.25, -0.2) is 0 Å². The van der Waals surface area contributed by atoms with Crippen molar-refractivity contribution in [1.82, 2.24) is 14.8 Å². The molecular formula is C19H15BrClN3OS. The molecule has 0 saturated carbocycles.